The van der Waals surface area contributed by atoms with Crippen LogP contribution in [0, 0.1) is 5.82 Å². The highest BCUT2D eigenvalue weighted by Crippen LogP contribution is 2.29. The van der Waals surface area contributed by atoms with E-state index < -0.39 is 0 Å². The van der Waals surface area contributed by atoms with E-state index in [1.807, 2.05) is 26.8 Å². The molecule has 132 valence electrons. The number of hydrogen-bond donors (Lipinski definition) is 0. The molecule has 1 atom stereocenters. The van der Waals surface area contributed by atoms with Crippen LogP contribution < -0.4 is 0 Å². The smallest absolute Gasteiger partial charge is 0.127 e. The van der Waals surface area contributed by atoms with Gasteiger partial charge >= 0.3 is 0 Å². The Morgan fingerprint density at radius 3 is 2.58 bits per heavy atom. The van der Waals surface area contributed by atoms with Gasteiger partial charge in [0.05, 0.1) is 6.54 Å². The van der Waals surface area contributed by atoms with Gasteiger partial charge in [0.1, 0.15) is 5.82 Å². The zero-order chi connectivity index (χ0) is 18.1. The maximum absolute atomic E-state index is 14.6. The van der Waals surface area contributed by atoms with Crippen LogP contribution in [0.3, 0.4) is 0 Å². The Hall–Kier alpha value is -1.74. The fraction of sp³-hybridized carbons (Fsp3) is 0.476. The second kappa shape index (κ2) is 10.2. The molecule has 2 nitrogen and oxygen atoms in total. The zero-order valence-corrected chi connectivity index (χ0v) is 15.5. The minimum absolute atomic E-state index is 0.0898. The third kappa shape index (κ3) is 5.72. The van der Waals surface area contributed by atoms with Crippen LogP contribution in [-0.4, -0.2) is 25.5 Å². The number of ether oxygens (including phenoxy) is 1. The quantitative estimate of drug-likeness (QED) is 0.303. The molecule has 0 bridgehead atoms. The van der Waals surface area contributed by atoms with Gasteiger partial charge in [-0.2, -0.15) is 0 Å². The molecule has 0 fully saturated rings. The van der Waals surface area contributed by atoms with E-state index in [1.54, 1.807) is 12.1 Å². The van der Waals surface area contributed by atoms with Gasteiger partial charge < -0.3 is 4.74 Å². The molecule has 0 amide bonds. The number of halogens is 1. The Morgan fingerprint density at radius 1 is 1.29 bits per heavy atom. The first kappa shape index (κ1) is 20.3. The Morgan fingerprint density at radius 2 is 2.00 bits per heavy atom. The van der Waals surface area contributed by atoms with Gasteiger partial charge in [-0.3, -0.25) is 4.99 Å². The summed E-state index contributed by atoms with van der Waals surface area (Å²) in [6.45, 7) is 17.6. The molecule has 1 aromatic carbocycles. The SMILES string of the molecule is C=CCN=C(C)c1cc(C(C)CCOCCC)c(F)cc1C(=C)C. The van der Waals surface area contributed by atoms with Crippen molar-refractivity contribution in [3.8, 4) is 0 Å². The number of allylic oxidation sites excluding steroid dienone is 1. The second-order valence-electron chi connectivity index (χ2n) is 6.22. The van der Waals surface area contributed by atoms with E-state index in [2.05, 4.69) is 25.1 Å². The van der Waals surface area contributed by atoms with Crippen LogP contribution in [0.5, 0.6) is 0 Å². The van der Waals surface area contributed by atoms with Gasteiger partial charge in [0, 0.05) is 24.5 Å². The lowest BCUT2D eigenvalue weighted by Crippen LogP contribution is -2.08. The van der Waals surface area contributed by atoms with Crippen molar-refractivity contribution in [1.29, 1.82) is 0 Å². The first-order valence-corrected chi connectivity index (χ1v) is 8.61. The lowest BCUT2D eigenvalue weighted by Gasteiger charge is -2.18. The lowest BCUT2D eigenvalue weighted by molar-refractivity contribution is 0.128. The van der Waals surface area contributed by atoms with Gasteiger partial charge in [0.2, 0.25) is 0 Å². The van der Waals surface area contributed by atoms with Crippen molar-refractivity contribution in [2.45, 2.75) is 46.5 Å². The van der Waals surface area contributed by atoms with Crippen LogP contribution in [0.4, 0.5) is 4.39 Å². The predicted molar refractivity (Wildman–Crippen MR) is 103 cm³/mol. The van der Waals surface area contributed by atoms with Crippen molar-refractivity contribution in [2.24, 2.45) is 4.99 Å². The summed E-state index contributed by atoms with van der Waals surface area (Å²) in [5, 5.41) is 0. The molecule has 0 aliphatic rings. The minimum Gasteiger partial charge on any atom is -0.381 e. The molecule has 0 aromatic heterocycles. The second-order valence-corrected chi connectivity index (χ2v) is 6.22. The van der Waals surface area contributed by atoms with Crippen molar-refractivity contribution < 1.29 is 9.13 Å². The first-order valence-electron chi connectivity index (χ1n) is 8.61. The standard InChI is InChI=1S/C21H30FNO/c1-7-10-23-17(6)20-13-19(16(5)9-12-24-11-8-2)21(22)14-18(20)15(3)4/h7,13-14,16H,1,3,8-12H2,2,4-6H3. The molecule has 0 saturated carbocycles. The highest BCUT2D eigenvalue weighted by molar-refractivity contribution is 6.03. The van der Waals surface area contributed by atoms with E-state index in [1.165, 1.54) is 0 Å². The Balaban J connectivity index is 3.13. The van der Waals surface area contributed by atoms with Crippen molar-refractivity contribution in [3.63, 3.8) is 0 Å². The van der Waals surface area contributed by atoms with Gasteiger partial charge in [-0.15, -0.1) is 6.58 Å². The minimum atomic E-state index is -0.184. The topological polar surface area (TPSA) is 21.6 Å². The third-order valence-electron chi connectivity index (χ3n) is 4.02. The van der Waals surface area contributed by atoms with E-state index in [-0.39, 0.29) is 11.7 Å². The van der Waals surface area contributed by atoms with Crippen LogP contribution in [0.1, 0.15) is 63.1 Å². The summed E-state index contributed by atoms with van der Waals surface area (Å²) in [6.07, 6.45) is 3.55. The van der Waals surface area contributed by atoms with Crippen molar-refractivity contribution in [2.75, 3.05) is 19.8 Å². The normalized spacial score (nSPS) is 13.0. The maximum atomic E-state index is 14.6. The molecule has 24 heavy (non-hydrogen) atoms. The van der Waals surface area contributed by atoms with Crippen molar-refractivity contribution in [1.82, 2.24) is 0 Å². The van der Waals surface area contributed by atoms with Crippen LogP contribution in [0.25, 0.3) is 5.57 Å². The molecule has 0 N–H and O–H groups in total. The molecule has 1 unspecified atom stereocenters. The number of benzene rings is 1. The van der Waals surface area contributed by atoms with Gasteiger partial charge in [-0.05, 0) is 55.9 Å². The first-order chi connectivity index (χ1) is 11.4. The molecule has 0 saturated heterocycles. The van der Waals surface area contributed by atoms with Gasteiger partial charge in [-0.1, -0.05) is 32.1 Å². The average Bonchev–Trinajstić information content (AvgIpc) is 2.55. The fourth-order valence-electron chi connectivity index (χ4n) is 2.57. The predicted octanol–water partition coefficient (Wildman–Crippen LogP) is 5.77. The van der Waals surface area contributed by atoms with E-state index >= 15 is 0 Å². The van der Waals surface area contributed by atoms with E-state index in [9.17, 15) is 4.39 Å². The molecule has 0 aliphatic heterocycles. The molecule has 0 spiro atoms. The molecule has 1 aromatic rings. The van der Waals surface area contributed by atoms with Gasteiger partial charge in [0.15, 0.2) is 0 Å². The summed E-state index contributed by atoms with van der Waals surface area (Å²) in [4.78, 5) is 4.48. The van der Waals surface area contributed by atoms with Crippen LogP contribution in [-0.2, 0) is 4.74 Å². The van der Waals surface area contributed by atoms with Crippen LogP contribution >= 0.6 is 0 Å². The molecule has 3 heteroatoms. The summed E-state index contributed by atoms with van der Waals surface area (Å²) < 4.78 is 20.1. The Labute approximate surface area is 146 Å². The lowest BCUT2D eigenvalue weighted by atomic mass is 9.90. The molecule has 0 heterocycles. The maximum Gasteiger partial charge on any atom is 0.127 e. The highest BCUT2D eigenvalue weighted by Gasteiger charge is 2.17. The summed E-state index contributed by atoms with van der Waals surface area (Å²) >= 11 is 0. The summed E-state index contributed by atoms with van der Waals surface area (Å²) in [5.74, 6) is -0.0942. The van der Waals surface area contributed by atoms with Gasteiger partial charge in [-0.25, -0.2) is 4.39 Å². The Kier molecular flexibility index (Phi) is 8.62. The van der Waals surface area contributed by atoms with Crippen molar-refractivity contribution >= 4 is 11.3 Å². The van der Waals surface area contributed by atoms with E-state index in [0.717, 1.165) is 41.9 Å². The largest absolute Gasteiger partial charge is 0.381 e. The van der Waals surface area contributed by atoms with E-state index in [0.29, 0.717) is 18.7 Å². The average molecular weight is 331 g/mol. The fourth-order valence-corrected chi connectivity index (χ4v) is 2.57. The zero-order valence-electron chi connectivity index (χ0n) is 15.5. The molecule has 1 rings (SSSR count). The van der Waals surface area contributed by atoms with Crippen LogP contribution in [0.15, 0.2) is 36.4 Å². The Bertz CT molecular complexity index is 604. The third-order valence-corrected chi connectivity index (χ3v) is 4.02. The number of nitrogens with zero attached hydrogens (tertiary/aromatic N) is 1. The van der Waals surface area contributed by atoms with Gasteiger partial charge in [0.25, 0.3) is 0 Å². The highest BCUT2D eigenvalue weighted by atomic mass is 19.1. The molecule has 0 radical (unpaired) electrons. The number of aliphatic imine (C=N–C) groups is 1. The van der Waals surface area contributed by atoms with Crippen molar-refractivity contribution in [3.05, 3.63) is 53.9 Å². The molecule has 0 aliphatic carbocycles. The summed E-state index contributed by atoms with van der Waals surface area (Å²) in [6, 6.07) is 3.51. The summed E-state index contributed by atoms with van der Waals surface area (Å²) in [5.41, 5.74) is 4.19. The monoisotopic (exact) mass is 331 g/mol. The number of rotatable bonds is 10. The van der Waals surface area contributed by atoms with Crippen LogP contribution in [0.2, 0.25) is 0 Å². The summed E-state index contributed by atoms with van der Waals surface area (Å²) in [7, 11) is 0. The number of hydrogen-bond acceptors (Lipinski definition) is 2. The molecular formula is C21H30FNO. The van der Waals surface area contributed by atoms with E-state index in [4.69, 9.17) is 4.74 Å². The molecular weight excluding hydrogens is 301 g/mol.